The molecule has 2 fully saturated rings. The van der Waals surface area contributed by atoms with Crippen LogP contribution in [0, 0.1) is 0 Å². The molecule has 1 aromatic carbocycles. The summed E-state index contributed by atoms with van der Waals surface area (Å²) in [6.45, 7) is 6.21. The Labute approximate surface area is 160 Å². The molecule has 2 saturated heterocycles. The van der Waals surface area contributed by atoms with E-state index in [0.717, 1.165) is 44.8 Å². The van der Waals surface area contributed by atoms with E-state index in [1.54, 1.807) is 21.9 Å². The van der Waals surface area contributed by atoms with Crippen LogP contribution in [0.1, 0.15) is 12.8 Å². The van der Waals surface area contributed by atoms with Gasteiger partial charge in [-0.05, 0) is 44.8 Å². The number of carbonyl (C=O) groups excluding carboxylic acids is 2. The van der Waals surface area contributed by atoms with Crippen molar-refractivity contribution in [1.82, 2.24) is 14.7 Å². The summed E-state index contributed by atoms with van der Waals surface area (Å²) in [5.74, 6) is 0.0185. The quantitative estimate of drug-likeness (QED) is 0.797. The van der Waals surface area contributed by atoms with Crippen molar-refractivity contribution >= 4 is 29.1 Å². The Kier molecular flexibility index (Phi) is 6.51. The lowest BCUT2D eigenvalue weighted by Crippen LogP contribution is -2.52. The van der Waals surface area contributed by atoms with Crippen LogP contribution in [0.2, 0.25) is 5.02 Å². The molecule has 0 spiro atoms. The maximum Gasteiger partial charge on any atom is 0.246 e. The highest BCUT2D eigenvalue weighted by molar-refractivity contribution is 6.30. The van der Waals surface area contributed by atoms with Gasteiger partial charge in [-0.2, -0.15) is 0 Å². The third kappa shape index (κ3) is 4.96. The number of hydrogen-bond acceptors (Lipinski definition) is 4. The number of piperazine rings is 1. The van der Waals surface area contributed by atoms with E-state index in [2.05, 4.69) is 16.8 Å². The van der Waals surface area contributed by atoms with Gasteiger partial charge in [-0.25, -0.2) is 0 Å². The van der Waals surface area contributed by atoms with Gasteiger partial charge in [-0.3, -0.25) is 9.59 Å². The maximum absolute atomic E-state index is 12.5. The van der Waals surface area contributed by atoms with E-state index in [0.29, 0.717) is 24.5 Å². The average molecular weight is 379 g/mol. The molecule has 2 amide bonds. The molecule has 0 saturated carbocycles. The standard InChI is InChI=1S/C19H27ClN4O2/c1-21-7-3-8-22(11-10-21)9-6-18(25)23-12-13-24(19(26)15-23)17-5-2-4-16(20)14-17/h2,4-5,14H,3,6-13,15H2,1H3. The molecule has 26 heavy (non-hydrogen) atoms. The number of halogens is 1. The first-order chi connectivity index (χ1) is 12.5. The second-order valence-corrected chi connectivity index (χ2v) is 7.53. The zero-order valence-electron chi connectivity index (χ0n) is 15.4. The molecule has 0 atom stereocenters. The molecule has 0 aromatic heterocycles. The van der Waals surface area contributed by atoms with E-state index in [4.69, 9.17) is 11.6 Å². The Morgan fingerprint density at radius 2 is 1.96 bits per heavy atom. The Hall–Kier alpha value is -1.63. The van der Waals surface area contributed by atoms with Crippen LogP contribution in [0.3, 0.4) is 0 Å². The second kappa shape index (κ2) is 8.84. The molecule has 0 radical (unpaired) electrons. The summed E-state index contributed by atoms with van der Waals surface area (Å²) in [6.07, 6.45) is 1.62. The highest BCUT2D eigenvalue weighted by Crippen LogP contribution is 2.21. The lowest BCUT2D eigenvalue weighted by Gasteiger charge is -2.34. The zero-order chi connectivity index (χ0) is 18.5. The van der Waals surface area contributed by atoms with Gasteiger partial charge >= 0.3 is 0 Å². The van der Waals surface area contributed by atoms with Gasteiger partial charge < -0.3 is 19.6 Å². The number of likely N-dealkylation sites (N-methyl/N-ethyl adjacent to an activating group) is 1. The van der Waals surface area contributed by atoms with Crippen LogP contribution < -0.4 is 4.90 Å². The van der Waals surface area contributed by atoms with Crippen LogP contribution in [0.15, 0.2) is 24.3 Å². The molecule has 0 N–H and O–H groups in total. The van der Waals surface area contributed by atoms with E-state index < -0.39 is 0 Å². The van der Waals surface area contributed by atoms with Gasteiger partial charge in [0.15, 0.2) is 0 Å². The summed E-state index contributed by atoms with van der Waals surface area (Å²) < 4.78 is 0. The number of nitrogens with zero attached hydrogens (tertiary/aromatic N) is 4. The molecule has 2 aliphatic heterocycles. The highest BCUT2D eigenvalue weighted by Gasteiger charge is 2.28. The Bertz CT molecular complexity index is 654. The van der Waals surface area contributed by atoms with E-state index >= 15 is 0 Å². The summed E-state index contributed by atoms with van der Waals surface area (Å²) in [5.41, 5.74) is 0.795. The SMILES string of the molecule is CN1CCCN(CCC(=O)N2CCN(c3cccc(Cl)c3)C(=O)C2)CC1. The van der Waals surface area contributed by atoms with Crippen LogP contribution >= 0.6 is 11.6 Å². The number of benzene rings is 1. The first kappa shape index (κ1) is 19.1. The second-order valence-electron chi connectivity index (χ2n) is 7.09. The number of carbonyl (C=O) groups is 2. The average Bonchev–Trinajstić information content (AvgIpc) is 2.84. The smallest absolute Gasteiger partial charge is 0.246 e. The molecule has 0 aliphatic carbocycles. The van der Waals surface area contributed by atoms with Gasteiger partial charge in [0.05, 0.1) is 0 Å². The molecule has 0 unspecified atom stereocenters. The van der Waals surface area contributed by atoms with E-state index in [9.17, 15) is 9.59 Å². The molecule has 6 nitrogen and oxygen atoms in total. The monoisotopic (exact) mass is 378 g/mol. The normalized spacial score (nSPS) is 20.3. The van der Waals surface area contributed by atoms with Crippen LogP contribution in [0.25, 0.3) is 0 Å². The van der Waals surface area contributed by atoms with E-state index in [1.807, 2.05) is 12.1 Å². The van der Waals surface area contributed by atoms with Crippen LogP contribution in [-0.4, -0.2) is 85.9 Å². The first-order valence-electron chi connectivity index (χ1n) is 9.27. The predicted octanol–water partition coefficient (Wildman–Crippen LogP) is 1.54. The predicted molar refractivity (Wildman–Crippen MR) is 104 cm³/mol. The van der Waals surface area contributed by atoms with Crippen molar-refractivity contribution < 1.29 is 9.59 Å². The summed E-state index contributed by atoms with van der Waals surface area (Å²) >= 11 is 6.02. The highest BCUT2D eigenvalue weighted by atomic mass is 35.5. The fraction of sp³-hybridized carbons (Fsp3) is 0.579. The Morgan fingerprint density at radius 1 is 1.12 bits per heavy atom. The van der Waals surface area contributed by atoms with Crippen molar-refractivity contribution in [3.8, 4) is 0 Å². The molecule has 3 rings (SSSR count). The van der Waals surface area contributed by atoms with E-state index in [1.165, 1.54) is 0 Å². The van der Waals surface area contributed by atoms with Crippen LogP contribution in [0.4, 0.5) is 5.69 Å². The first-order valence-corrected chi connectivity index (χ1v) is 9.65. The third-order valence-corrected chi connectivity index (χ3v) is 5.38. The zero-order valence-corrected chi connectivity index (χ0v) is 16.1. The van der Waals surface area contributed by atoms with Crippen molar-refractivity contribution in [1.29, 1.82) is 0 Å². The molecular weight excluding hydrogens is 352 g/mol. The number of amides is 2. The Morgan fingerprint density at radius 3 is 2.73 bits per heavy atom. The molecule has 7 heteroatoms. The van der Waals surface area contributed by atoms with Gasteiger partial charge in [0.25, 0.3) is 0 Å². The van der Waals surface area contributed by atoms with Crippen molar-refractivity contribution in [3.63, 3.8) is 0 Å². The van der Waals surface area contributed by atoms with Gasteiger partial charge in [0, 0.05) is 49.9 Å². The third-order valence-electron chi connectivity index (χ3n) is 5.15. The Balaban J connectivity index is 1.49. The molecule has 1 aromatic rings. The lowest BCUT2D eigenvalue weighted by molar-refractivity contribution is -0.137. The van der Waals surface area contributed by atoms with Gasteiger partial charge in [0.1, 0.15) is 6.54 Å². The molecular formula is C19H27ClN4O2. The minimum atomic E-state index is -0.0525. The van der Waals surface area contributed by atoms with E-state index in [-0.39, 0.29) is 18.4 Å². The van der Waals surface area contributed by atoms with Crippen molar-refractivity contribution in [3.05, 3.63) is 29.3 Å². The largest absolute Gasteiger partial charge is 0.332 e. The number of anilines is 1. The fourth-order valence-electron chi connectivity index (χ4n) is 3.54. The molecule has 142 valence electrons. The number of rotatable bonds is 4. The fourth-order valence-corrected chi connectivity index (χ4v) is 3.72. The summed E-state index contributed by atoms with van der Waals surface area (Å²) in [5, 5.41) is 0.608. The number of hydrogen-bond donors (Lipinski definition) is 0. The van der Waals surface area contributed by atoms with Gasteiger partial charge in [-0.1, -0.05) is 17.7 Å². The van der Waals surface area contributed by atoms with Crippen molar-refractivity contribution in [2.24, 2.45) is 0 Å². The van der Waals surface area contributed by atoms with Gasteiger partial charge in [0.2, 0.25) is 11.8 Å². The van der Waals surface area contributed by atoms with Gasteiger partial charge in [-0.15, -0.1) is 0 Å². The van der Waals surface area contributed by atoms with Crippen LogP contribution in [-0.2, 0) is 9.59 Å². The summed E-state index contributed by atoms with van der Waals surface area (Å²) in [4.78, 5) is 33.1. The maximum atomic E-state index is 12.5. The minimum Gasteiger partial charge on any atom is -0.332 e. The van der Waals surface area contributed by atoms with Crippen LogP contribution in [0.5, 0.6) is 0 Å². The topological polar surface area (TPSA) is 47.1 Å². The summed E-state index contributed by atoms with van der Waals surface area (Å²) in [7, 11) is 2.14. The summed E-state index contributed by atoms with van der Waals surface area (Å²) in [6, 6.07) is 7.28. The molecule has 2 heterocycles. The van der Waals surface area contributed by atoms with Crippen molar-refractivity contribution in [2.75, 3.05) is 64.3 Å². The van der Waals surface area contributed by atoms with Crippen molar-refractivity contribution in [2.45, 2.75) is 12.8 Å². The molecule has 2 aliphatic rings. The lowest BCUT2D eigenvalue weighted by atomic mass is 10.2. The molecule has 0 bridgehead atoms. The minimum absolute atomic E-state index is 0.0525.